The number of hydrogen-bond acceptors (Lipinski definition) is 1. The van der Waals surface area contributed by atoms with Crippen LogP contribution >= 0.6 is 11.6 Å². The molecule has 0 spiro atoms. The van der Waals surface area contributed by atoms with Crippen molar-refractivity contribution in [1.29, 1.82) is 0 Å². The molecule has 0 fully saturated rings. The number of hydrogen-bond donors (Lipinski definition) is 1. The molecule has 1 unspecified atom stereocenters. The zero-order chi connectivity index (χ0) is 7.72. The molecule has 0 saturated heterocycles. The molecule has 0 amide bonds. The third-order valence-corrected chi connectivity index (χ3v) is 2.11. The average molecular weight is 158 g/mol. The second-order valence-corrected chi connectivity index (χ2v) is 3.30. The lowest BCUT2D eigenvalue weighted by molar-refractivity contribution is 0.695. The molecule has 0 aromatic heterocycles. The highest BCUT2D eigenvalue weighted by Crippen LogP contribution is 2.27. The fraction of sp³-hybridized carbons (Fsp3) is 0.500. The molecule has 1 aliphatic rings. The monoisotopic (exact) mass is 157 g/mol. The van der Waals surface area contributed by atoms with E-state index in [4.69, 9.17) is 17.3 Å². The SMILES string of the molecule is CC1=C(N)C(Cl)=CC(C)C1. The molecule has 0 aromatic rings. The molecular formula is C8H12ClN. The third kappa shape index (κ3) is 1.35. The molecule has 1 rings (SSSR count). The van der Waals surface area contributed by atoms with Gasteiger partial charge in [0.05, 0.1) is 5.03 Å². The average Bonchev–Trinajstić information content (AvgIpc) is 1.82. The maximum absolute atomic E-state index is 5.84. The van der Waals surface area contributed by atoms with Crippen LogP contribution in [0.25, 0.3) is 0 Å². The predicted molar refractivity (Wildman–Crippen MR) is 44.6 cm³/mol. The molecule has 0 aromatic carbocycles. The van der Waals surface area contributed by atoms with Crippen molar-refractivity contribution in [3.05, 3.63) is 22.4 Å². The Labute approximate surface area is 66.6 Å². The highest BCUT2D eigenvalue weighted by Gasteiger charge is 2.12. The van der Waals surface area contributed by atoms with Gasteiger partial charge in [0.15, 0.2) is 0 Å². The highest BCUT2D eigenvalue weighted by atomic mass is 35.5. The van der Waals surface area contributed by atoms with Gasteiger partial charge < -0.3 is 5.73 Å². The van der Waals surface area contributed by atoms with Gasteiger partial charge >= 0.3 is 0 Å². The van der Waals surface area contributed by atoms with Gasteiger partial charge in [0.2, 0.25) is 0 Å². The van der Waals surface area contributed by atoms with E-state index in [2.05, 4.69) is 6.92 Å². The van der Waals surface area contributed by atoms with Gasteiger partial charge in [0, 0.05) is 5.70 Å². The summed E-state index contributed by atoms with van der Waals surface area (Å²) in [5, 5.41) is 0.719. The van der Waals surface area contributed by atoms with E-state index in [9.17, 15) is 0 Å². The van der Waals surface area contributed by atoms with E-state index in [1.54, 1.807) is 0 Å². The minimum absolute atomic E-state index is 0.541. The number of allylic oxidation sites excluding steroid dienone is 3. The smallest absolute Gasteiger partial charge is 0.0597 e. The standard InChI is InChI=1S/C8H12ClN/c1-5-3-6(2)8(10)7(9)4-5/h4-5H,3,10H2,1-2H3. The maximum Gasteiger partial charge on any atom is 0.0597 e. The van der Waals surface area contributed by atoms with Crippen LogP contribution in [0.4, 0.5) is 0 Å². The molecule has 2 N–H and O–H groups in total. The van der Waals surface area contributed by atoms with Crippen LogP contribution in [0.15, 0.2) is 22.4 Å². The van der Waals surface area contributed by atoms with Crippen LogP contribution in [0.1, 0.15) is 20.3 Å². The lowest BCUT2D eigenvalue weighted by Crippen LogP contribution is -2.09. The van der Waals surface area contributed by atoms with Crippen molar-refractivity contribution in [2.45, 2.75) is 20.3 Å². The predicted octanol–water partition coefficient (Wildman–Crippen LogP) is 2.38. The summed E-state index contributed by atoms with van der Waals surface area (Å²) >= 11 is 5.84. The molecule has 0 bridgehead atoms. The Morgan fingerprint density at radius 3 is 2.80 bits per heavy atom. The molecule has 0 heterocycles. The van der Waals surface area contributed by atoms with Crippen molar-refractivity contribution >= 4 is 11.6 Å². The van der Waals surface area contributed by atoms with E-state index in [0.717, 1.165) is 17.2 Å². The Bertz CT molecular complexity index is 203. The van der Waals surface area contributed by atoms with Crippen molar-refractivity contribution < 1.29 is 0 Å². The van der Waals surface area contributed by atoms with Gasteiger partial charge in [0.25, 0.3) is 0 Å². The first kappa shape index (κ1) is 7.67. The summed E-state index contributed by atoms with van der Waals surface area (Å²) in [5.74, 6) is 0.541. The fourth-order valence-corrected chi connectivity index (χ4v) is 1.57. The Kier molecular flexibility index (Phi) is 2.05. The Balaban J connectivity index is 2.90. The second-order valence-electron chi connectivity index (χ2n) is 2.89. The molecule has 1 atom stereocenters. The molecule has 0 radical (unpaired) electrons. The van der Waals surface area contributed by atoms with Gasteiger partial charge in [-0.2, -0.15) is 0 Å². The van der Waals surface area contributed by atoms with Gasteiger partial charge in [-0.3, -0.25) is 0 Å². The van der Waals surface area contributed by atoms with Crippen molar-refractivity contribution in [2.24, 2.45) is 11.7 Å². The van der Waals surface area contributed by atoms with Crippen LogP contribution in [0, 0.1) is 5.92 Å². The quantitative estimate of drug-likeness (QED) is 0.574. The lowest BCUT2D eigenvalue weighted by atomic mass is 9.95. The molecule has 56 valence electrons. The fourth-order valence-electron chi connectivity index (χ4n) is 1.20. The number of rotatable bonds is 0. The normalized spacial score (nSPS) is 26.7. The van der Waals surface area contributed by atoms with E-state index >= 15 is 0 Å². The summed E-state index contributed by atoms with van der Waals surface area (Å²) in [6, 6.07) is 0. The topological polar surface area (TPSA) is 26.0 Å². The van der Waals surface area contributed by atoms with Crippen LogP contribution in [0.2, 0.25) is 0 Å². The molecule has 0 saturated carbocycles. The van der Waals surface area contributed by atoms with Gasteiger partial charge in [-0.25, -0.2) is 0 Å². The van der Waals surface area contributed by atoms with Gasteiger partial charge in [-0.05, 0) is 24.8 Å². The molecule has 2 heteroatoms. The zero-order valence-corrected chi connectivity index (χ0v) is 7.07. The summed E-state index contributed by atoms with van der Waals surface area (Å²) in [7, 11) is 0. The van der Waals surface area contributed by atoms with E-state index in [1.807, 2.05) is 13.0 Å². The minimum atomic E-state index is 0.541. The molecule has 1 nitrogen and oxygen atoms in total. The van der Waals surface area contributed by atoms with Crippen molar-refractivity contribution in [3.8, 4) is 0 Å². The number of halogens is 1. The van der Waals surface area contributed by atoms with Crippen molar-refractivity contribution in [3.63, 3.8) is 0 Å². The second kappa shape index (κ2) is 2.67. The highest BCUT2D eigenvalue weighted by molar-refractivity contribution is 6.32. The number of nitrogens with two attached hydrogens (primary N) is 1. The van der Waals surface area contributed by atoms with Crippen molar-refractivity contribution in [2.75, 3.05) is 0 Å². The van der Waals surface area contributed by atoms with Crippen LogP contribution in [0.5, 0.6) is 0 Å². The summed E-state index contributed by atoms with van der Waals surface area (Å²) < 4.78 is 0. The van der Waals surface area contributed by atoms with Crippen LogP contribution in [0.3, 0.4) is 0 Å². The first-order chi connectivity index (χ1) is 4.61. The van der Waals surface area contributed by atoms with Crippen LogP contribution in [-0.2, 0) is 0 Å². The summed E-state index contributed by atoms with van der Waals surface area (Å²) in [5.41, 5.74) is 7.64. The minimum Gasteiger partial charge on any atom is -0.398 e. The first-order valence-corrected chi connectivity index (χ1v) is 3.82. The Hall–Kier alpha value is -0.430. The summed E-state index contributed by atoms with van der Waals surface area (Å²) in [6.45, 7) is 4.17. The third-order valence-electron chi connectivity index (χ3n) is 1.78. The Morgan fingerprint density at radius 1 is 1.70 bits per heavy atom. The summed E-state index contributed by atoms with van der Waals surface area (Å²) in [4.78, 5) is 0. The molecular weight excluding hydrogens is 146 g/mol. The zero-order valence-electron chi connectivity index (χ0n) is 6.32. The van der Waals surface area contributed by atoms with Gasteiger partial charge in [-0.15, -0.1) is 0 Å². The molecule has 1 aliphatic carbocycles. The Morgan fingerprint density at radius 2 is 2.30 bits per heavy atom. The van der Waals surface area contributed by atoms with E-state index in [1.165, 1.54) is 5.57 Å². The van der Waals surface area contributed by atoms with E-state index < -0.39 is 0 Å². The molecule has 0 aliphatic heterocycles. The molecule has 10 heavy (non-hydrogen) atoms. The van der Waals surface area contributed by atoms with Crippen LogP contribution in [-0.4, -0.2) is 0 Å². The first-order valence-electron chi connectivity index (χ1n) is 3.44. The largest absolute Gasteiger partial charge is 0.398 e. The van der Waals surface area contributed by atoms with Gasteiger partial charge in [0.1, 0.15) is 0 Å². The van der Waals surface area contributed by atoms with E-state index in [-0.39, 0.29) is 0 Å². The van der Waals surface area contributed by atoms with Crippen LogP contribution < -0.4 is 5.73 Å². The summed E-state index contributed by atoms with van der Waals surface area (Å²) in [6.07, 6.45) is 3.05. The lowest BCUT2D eigenvalue weighted by Gasteiger charge is -2.16. The maximum atomic E-state index is 5.84. The van der Waals surface area contributed by atoms with Gasteiger partial charge in [-0.1, -0.05) is 24.6 Å². The van der Waals surface area contributed by atoms with E-state index in [0.29, 0.717) is 5.92 Å². The van der Waals surface area contributed by atoms with Crippen molar-refractivity contribution in [1.82, 2.24) is 0 Å².